The second kappa shape index (κ2) is 8.73. The molecule has 1 aliphatic rings. The van der Waals surface area contributed by atoms with Gasteiger partial charge in [-0.2, -0.15) is 0 Å². The Morgan fingerprint density at radius 1 is 1.21 bits per heavy atom. The van der Waals surface area contributed by atoms with Gasteiger partial charge in [-0.05, 0) is 32.5 Å². The first-order valence-corrected chi connectivity index (χ1v) is 8.56. The SMILES string of the molecule is C=C(C)CN(CC)C(=O)CN(CC)CC1COc2ccccc2O1. The van der Waals surface area contributed by atoms with Gasteiger partial charge in [0.2, 0.25) is 5.91 Å². The second-order valence-corrected chi connectivity index (χ2v) is 6.19. The lowest BCUT2D eigenvalue weighted by Crippen LogP contribution is -2.46. The summed E-state index contributed by atoms with van der Waals surface area (Å²) in [7, 11) is 0. The average Bonchev–Trinajstić information content (AvgIpc) is 2.58. The van der Waals surface area contributed by atoms with Crippen LogP contribution in [0.4, 0.5) is 0 Å². The van der Waals surface area contributed by atoms with Gasteiger partial charge in [-0.15, -0.1) is 0 Å². The number of carbonyl (C=O) groups is 1. The minimum Gasteiger partial charge on any atom is -0.486 e. The summed E-state index contributed by atoms with van der Waals surface area (Å²) >= 11 is 0. The molecule has 0 saturated heterocycles. The number of carbonyl (C=O) groups excluding carboxylic acids is 1. The Labute approximate surface area is 144 Å². The third-order valence-electron chi connectivity index (χ3n) is 4.03. The number of rotatable bonds is 8. The molecule has 5 nitrogen and oxygen atoms in total. The van der Waals surface area contributed by atoms with E-state index in [4.69, 9.17) is 9.47 Å². The summed E-state index contributed by atoms with van der Waals surface area (Å²) in [5.41, 5.74) is 0.994. The van der Waals surface area contributed by atoms with Gasteiger partial charge in [-0.1, -0.05) is 31.2 Å². The van der Waals surface area contributed by atoms with Gasteiger partial charge in [0.05, 0.1) is 6.54 Å². The molecule has 5 heteroatoms. The summed E-state index contributed by atoms with van der Waals surface area (Å²) in [5.74, 6) is 1.68. The van der Waals surface area contributed by atoms with E-state index in [9.17, 15) is 4.79 Å². The van der Waals surface area contributed by atoms with E-state index in [1.807, 2.05) is 43.0 Å². The maximum absolute atomic E-state index is 12.5. The lowest BCUT2D eigenvalue weighted by molar-refractivity contribution is -0.132. The summed E-state index contributed by atoms with van der Waals surface area (Å²) in [6, 6.07) is 7.68. The van der Waals surface area contributed by atoms with E-state index >= 15 is 0 Å². The Bertz CT molecular complexity index is 573. The van der Waals surface area contributed by atoms with Crippen LogP contribution < -0.4 is 9.47 Å². The fourth-order valence-corrected chi connectivity index (χ4v) is 2.74. The number of fused-ring (bicyclic) bond motifs is 1. The molecule has 0 radical (unpaired) electrons. The highest BCUT2D eigenvalue weighted by Crippen LogP contribution is 2.30. The van der Waals surface area contributed by atoms with Crippen LogP contribution in [0.2, 0.25) is 0 Å². The molecule has 24 heavy (non-hydrogen) atoms. The quantitative estimate of drug-likeness (QED) is 0.686. The first-order chi connectivity index (χ1) is 11.5. The van der Waals surface area contributed by atoms with Crippen molar-refractivity contribution in [3.63, 3.8) is 0 Å². The molecule has 1 amide bonds. The highest BCUT2D eigenvalue weighted by atomic mass is 16.6. The molecule has 0 aromatic heterocycles. The van der Waals surface area contributed by atoms with Crippen molar-refractivity contribution in [1.29, 1.82) is 0 Å². The number of benzene rings is 1. The van der Waals surface area contributed by atoms with Crippen molar-refractivity contribution in [2.24, 2.45) is 0 Å². The van der Waals surface area contributed by atoms with Crippen LogP contribution in [0.15, 0.2) is 36.4 Å². The van der Waals surface area contributed by atoms with Crippen LogP contribution in [0.5, 0.6) is 11.5 Å². The van der Waals surface area contributed by atoms with Crippen molar-refractivity contribution in [2.45, 2.75) is 26.9 Å². The molecule has 2 rings (SSSR count). The van der Waals surface area contributed by atoms with E-state index in [0.29, 0.717) is 32.8 Å². The summed E-state index contributed by atoms with van der Waals surface area (Å²) in [6.45, 7) is 13.5. The van der Waals surface area contributed by atoms with Gasteiger partial charge < -0.3 is 14.4 Å². The first-order valence-electron chi connectivity index (χ1n) is 8.56. The van der Waals surface area contributed by atoms with E-state index in [2.05, 4.69) is 18.4 Å². The Hall–Kier alpha value is -2.01. The number of hydrogen-bond acceptors (Lipinski definition) is 4. The predicted octanol–water partition coefficient (Wildman–Crippen LogP) is 2.57. The predicted molar refractivity (Wildman–Crippen MR) is 95.5 cm³/mol. The van der Waals surface area contributed by atoms with E-state index in [1.54, 1.807) is 0 Å². The third kappa shape index (κ3) is 4.99. The summed E-state index contributed by atoms with van der Waals surface area (Å²) < 4.78 is 11.7. The normalized spacial score (nSPS) is 16.1. The van der Waals surface area contributed by atoms with Crippen LogP contribution in [0.3, 0.4) is 0 Å². The van der Waals surface area contributed by atoms with Crippen LogP contribution >= 0.6 is 0 Å². The van der Waals surface area contributed by atoms with E-state index in [1.165, 1.54) is 0 Å². The zero-order valence-corrected chi connectivity index (χ0v) is 15.0. The number of para-hydroxylation sites is 2. The van der Waals surface area contributed by atoms with Crippen molar-refractivity contribution in [3.05, 3.63) is 36.4 Å². The molecule has 0 aliphatic carbocycles. The molecular weight excluding hydrogens is 304 g/mol. The largest absolute Gasteiger partial charge is 0.486 e. The number of nitrogens with zero attached hydrogens (tertiary/aromatic N) is 2. The molecular formula is C19H28N2O3. The molecule has 132 valence electrons. The van der Waals surface area contributed by atoms with Crippen LogP contribution in [-0.2, 0) is 4.79 Å². The molecule has 0 bridgehead atoms. The average molecular weight is 332 g/mol. The monoisotopic (exact) mass is 332 g/mol. The van der Waals surface area contributed by atoms with E-state index in [0.717, 1.165) is 23.6 Å². The molecule has 1 aliphatic heterocycles. The van der Waals surface area contributed by atoms with Crippen molar-refractivity contribution in [3.8, 4) is 11.5 Å². The molecule has 1 heterocycles. The Kier molecular flexibility index (Phi) is 6.67. The van der Waals surface area contributed by atoms with Gasteiger partial charge in [0.1, 0.15) is 12.7 Å². The van der Waals surface area contributed by atoms with Crippen LogP contribution in [0, 0.1) is 0 Å². The maximum atomic E-state index is 12.5. The number of hydrogen-bond donors (Lipinski definition) is 0. The molecule has 0 N–H and O–H groups in total. The highest BCUT2D eigenvalue weighted by molar-refractivity contribution is 5.78. The minimum absolute atomic E-state index is 0.0659. The molecule has 0 spiro atoms. The molecule has 1 unspecified atom stereocenters. The van der Waals surface area contributed by atoms with Crippen molar-refractivity contribution in [2.75, 3.05) is 39.3 Å². The fourth-order valence-electron chi connectivity index (χ4n) is 2.74. The standard InChI is InChI=1S/C19H28N2O3/c1-5-20(13-19(22)21(6-2)11-15(3)4)12-16-14-23-17-9-7-8-10-18(17)24-16/h7-10,16H,3,5-6,11-14H2,1-2,4H3. The van der Waals surface area contributed by atoms with Gasteiger partial charge >= 0.3 is 0 Å². The van der Waals surface area contributed by atoms with E-state index in [-0.39, 0.29) is 12.0 Å². The molecule has 1 aromatic rings. The number of ether oxygens (including phenoxy) is 2. The number of amides is 1. The smallest absolute Gasteiger partial charge is 0.237 e. The van der Waals surface area contributed by atoms with Crippen LogP contribution in [-0.4, -0.2) is 61.1 Å². The summed E-state index contributed by atoms with van der Waals surface area (Å²) in [5, 5.41) is 0. The Morgan fingerprint density at radius 2 is 1.92 bits per heavy atom. The summed E-state index contributed by atoms with van der Waals surface area (Å²) in [6.07, 6.45) is -0.0659. The zero-order valence-electron chi connectivity index (χ0n) is 15.0. The first kappa shape index (κ1) is 18.3. The lowest BCUT2D eigenvalue weighted by Gasteiger charge is -2.31. The van der Waals surface area contributed by atoms with Gasteiger partial charge in [-0.3, -0.25) is 9.69 Å². The van der Waals surface area contributed by atoms with Gasteiger partial charge in [0, 0.05) is 19.6 Å². The maximum Gasteiger partial charge on any atom is 0.237 e. The minimum atomic E-state index is -0.0659. The van der Waals surface area contributed by atoms with Crippen molar-refractivity contribution >= 4 is 5.91 Å². The highest BCUT2D eigenvalue weighted by Gasteiger charge is 2.24. The van der Waals surface area contributed by atoms with Crippen LogP contribution in [0.1, 0.15) is 20.8 Å². The van der Waals surface area contributed by atoms with Crippen molar-refractivity contribution in [1.82, 2.24) is 9.80 Å². The molecule has 1 aromatic carbocycles. The van der Waals surface area contributed by atoms with Gasteiger partial charge in [0.15, 0.2) is 11.5 Å². The molecule has 0 fully saturated rings. The van der Waals surface area contributed by atoms with Gasteiger partial charge in [0.25, 0.3) is 0 Å². The third-order valence-corrected chi connectivity index (χ3v) is 4.03. The zero-order chi connectivity index (χ0) is 17.5. The number of likely N-dealkylation sites (N-methyl/N-ethyl adjacent to an activating group) is 2. The topological polar surface area (TPSA) is 42.0 Å². The second-order valence-electron chi connectivity index (χ2n) is 6.19. The molecule has 1 atom stereocenters. The lowest BCUT2D eigenvalue weighted by atomic mass is 10.2. The summed E-state index contributed by atoms with van der Waals surface area (Å²) in [4.78, 5) is 16.4. The fraction of sp³-hybridized carbons (Fsp3) is 0.526. The molecule has 0 saturated carbocycles. The van der Waals surface area contributed by atoms with E-state index < -0.39 is 0 Å². The van der Waals surface area contributed by atoms with Crippen molar-refractivity contribution < 1.29 is 14.3 Å². The Morgan fingerprint density at radius 3 is 2.54 bits per heavy atom. The Balaban J connectivity index is 1.90. The van der Waals surface area contributed by atoms with Gasteiger partial charge in [-0.25, -0.2) is 0 Å². The van der Waals surface area contributed by atoms with Crippen LogP contribution in [0.25, 0.3) is 0 Å².